The highest BCUT2D eigenvalue weighted by Crippen LogP contribution is 2.40. The zero-order valence-corrected chi connectivity index (χ0v) is 11.5. The fourth-order valence-electron chi connectivity index (χ4n) is 2.24. The van der Waals surface area contributed by atoms with Crippen LogP contribution in [0.15, 0.2) is 11.8 Å². The third-order valence-corrected chi connectivity index (χ3v) is 3.06. The number of ether oxygens (including phenoxy) is 3. The van der Waals surface area contributed by atoms with E-state index in [4.69, 9.17) is 14.2 Å². The lowest BCUT2D eigenvalue weighted by molar-refractivity contribution is -0.115. The lowest BCUT2D eigenvalue weighted by Gasteiger charge is -2.22. The molecular weight excluding hydrogens is 264 g/mol. The third-order valence-electron chi connectivity index (χ3n) is 3.06. The highest BCUT2D eigenvalue weighted by molar-refractivity contribution is 5.91. The van der Waals surface area contributed by atoms with Gasteiger partial charge in [-0.15, -0.1) is 0 Å². The van der Waals surface area contributed by atoms with Crippen LogP contribution >= 0.6 is 0 Å². The van der Waals surface area contributed by atoms with Gasteiger partial charge >= 0.3 is 6.01 Å². The van der Waals surface area contributed by atoms with E-state index in [9.17, 15) is 9.90 Å². The number of hydrogen-bond donors (Lipinski definition) is 1. The summed E-state index contributed by atoms with van der Waals surface area (Å²) in [4.78, 5) is 19.8. The smallest absolute Gasteiger partial charge is 0.322 e. The molecule has 1 aromatic heterocycles. The first kappa shape index (κ1) is 14.1. The van der Waals surface area contributed by atoms with Crippen molar-refractivity contribution in [3.8, 4) is 17.8 Å². The highest BCUT2D eigenvalue weighted by atomic mass is 16.5. The van der Waals surface area contributed by atoms with E-state index in [1.54, 1.807) is 0 Å². The molecule has 0 saturated heterocycles. The summed E-state index contributed by atoms with van der Waals surface area (Å²) in [5, 5.41) is 9.63. The molecule has 1 N–H and O–H groups in total. The molecule has 0 saturated carbocycles. The lowest BCUT2D eigenvalue weighted by Crippen LogP contribution is -2.16. The zero-order chi connectivity index (χ0) is 14.7. The first-order chi connectivity index (χ1) is 9.58. The number of nitrogens with zero attached hydrogens (tertiary/aromatic N) is 2. The number of aromatic nitrogens is 2. The topological polar surface area (TPSA) is 90.8 Å². The van der Waals surface area contributed by atoms with Gasteiger partial charge in [0.15, 0.2) is 5.78 Å². The summed E-state index contributed by atoms with van der Waals surface area (Å²) in [5.74, 6) is 0.149. The van der Waals surface area contributed by atoms with Crippen LogP contribution in [0.25, 0.3) is 0 Å². The third kappa shape index (κ3) is 2.66. The van der Waals surface area contributed by atoms with Crippen LogP contribution in [0.1, 0.15) is 24.3 Å². The SMILES string of the molecule is COc1nc(OC)c(C2CC(=O)C=C(O)C2)c(OC)n1. The van der Waals surface area contributed by atoms with Gasteiger partial charge in [-0.25, -0.2) is 0 Å². The van der Waals surface area contributed by atoms with Crippen molar-refractivity contribution in [2.75, 3.05) is 21.3 Å². The summed E-state index contributed by atoms with van der Waals surface area (Å²) >= 11 is 0. The van der Waals surface area contributed by atoms with Crippen LogP contribution < -0.4 is 14.2 Å². The van der Waals surface area contributed by atoms with Crippen LogP contribution in [-0.2, 0) is 4.79 Å². The van der Waals surface area contributed by atoms with Crippen molar-refractivity contribution < 1.29 is 24.1 Å². The van der Waals surface area contributed by atoms with E-state index in [2.05, 4.69) is 9.97 Å². The van der Waals surface area contributed by atoms with Gasteiger partial charge in [-0.2, -0.15) is 9.97 Å². The molecule has 0 amide bonds. The number of ketones is 1. The Kier molecular flexibility index (Phi) is 4.07. The second-order valence-electron chi connectivity index (χ2n) is 4.35. The average Bonchev–Trinajstić information content (AvgIpc) is 2.44. The molecule has 1 atom stereocenters. The minimum atomic E-state index is -0.289. The summed E-state index contributed by atoms with van der Waals surface area (Å²) in [5.41, 5.74) is 0.559. The van der Waals surface area contributed by atoms with Gasteiger partial charge in [0.1, 0.15) is 0 Å². The van der Waals surface area contributed by atoms with Gasteiger partial charge < -0.3 is 19.3 Å². The second kappa shape index (κ2) is 5.77. The summed E-state index contributed by atoms with van der Waals surface area (Å²) in [7, 11) is 4.36. The number of aliphatic hydroxyl groups is 1. The van der Waals surface area contributed by atoms with Crippen molar-refractivity contribution in [2.24, 2.45) is 0 Å². The van der Waals surface area contributed by atoms with Gasteiger partial charge in [-0.3, -0.25) is 4.79 Å². The molecule has 1 aliphatic rings. The fourth-order valence-corrected chi connectivity index (χ4v) is 2.24. The number of methoxy groups -OCH3 is 3. The molecule has 0 radical (unpaired) electrons. The molecule has 1 heterocycles. The molecule has 20 heavy (non-hydrogen) atoms. The Balaban J connectivity index is 2.49. The highest BCUT2D eigenvalue weighted by Gasteiger charge is 2.30. The number of rotatable bonds is 4. The Hall–Kier alpha value is -2.31. The molecule has 0 aromatic carbocycles. The van der Waals surface area contributed by atoms with Crippen molar-refractivity contribution in [3.63, 3.8) is 0 Å². The number of carbonyl (C=O) groups is 1. The average molecular weight is 280 g/mol. The minimum Gasteiger partial charge on any atom is -0.512 e. The molecule has 0 spiro atoms. The molecule has 0 fully saturated rings. The van der Waals surface area contributed by atoms with E-state index in [0.717, 1.165) is 0 Å². The fraction of sp³-hybridized carbons (Fsp3) is 0.462. The summed E-state index contributed by atoms with van der Waals surface area (Å²) < 4.78 is 15.4. The van der Waals surface area contributed by atoms with Crippen LogP contribution in [-0.4, -0.2) is 42.2 Å². The Labute approximate surface area is 116 Å². The van der Waals surface area contributed by atoms with Crippen molar-refractivity contribution in [3.05, 3.63) is 17.4 Å². The van der Waals surface area contributed by atoms with Gasteiger partial charge in [0, 0.05) is 24.8 Å². The van der Waals surface area contributed by atoms with Crippen molar-refractivity contribution >= 4 is 5.78 Å². The van der Waals surface area contributed by atoms with Crippen LogP contribution in [0.5, 0.6) is 17.8 Å². The summed E-state index contributed by atoms with van der Waals surface area (Å²) in [6, 6.07) is 0.115. The largest absolute Gasteiger partial charge is 0.512 e. The second-order valence-corrected chi connectivity index (χ2v) is 4.35. The van der Waals surface area contributed by atoms with Gasteiger partial charge in [0.25, 0.3) is 0 Å². The first-order valence-corrected chi connectivity index (χ1v) is 6.05. The number of hydrogen-bond acceptors (Lipinski definition) is 7. The summed E-state index contributed by atoms with van der Waals surface area (Å²) in [6.07, 6.45) is 1.79. The van der Waals surface area contributed by atoms with Gasteiger partial charge in [0.2, 0.25) is 11.8 Å². The van der Waals surface area contributed by atoms with Crippen molar-refractivity contribution in [1.82, 2.24) is 9.97 Å². The maximum atomic E-state index is 11.6. The van der Waals surface area contributed by atoms with Crippen molar-refractivity contribution in [2.45, 2.75) is 18.8 Å². The predicted octanol–water partition coefficient (Wildman–Crippen LogP) is 1.39. The van der Waals surface area contributed by atoms with E-state index >= 15 is 0 Å². The first-order valence-electron chi connectivity index (χ1n) is 6.05. The Morgan fingerprint density at radius 1 is 1.10 bits per heavy atom. The molecule has 1 unspecified atom stereocenters. The maximum Gasteiger partial charge on any atom is 0.322 e. The number of aliphatic hydroxyl groups excluding tert-OH is 1. The summed E-state index contributed by atoms with van der Waals surface area (Å²) in [6.45, 7) is 0. The van der Waals surface area contributed by atoms with Gasteiger partial charge in [0.05, 0.1) is 32.7 Å². The molecule has 7 nitrogen and oxygen atoms in total. The van der Waals surface area contributed by atoms with Crippen LogP contribution in [0.4, 0.5) is 0 Å². The predicted molar refractivity (Wildman–Crippen MR) is 69.4 cm³/mol. The van der Waals surface area contributed by atoms with E-state index in [-0.39, 0.29) is 41.7 Å². The van der Waals surface area contributed by atoms with Gasteiger partial charge in [-0.05, 0) is 0 Å². The molecule has 2 rings (SSSR count). The molecule has 0 aliphatic heterocycles. The van der Waals surface area contributed by atoms with E-state index in [1.165, 1.54) is 27.4 Å². The Morgan fingerprint density at radius 2 is 1.70 bits per heavy atom. The van der Waals surface area contributed by atoms with E-state index in [1.807, 2.05) is 0 Å². The maximum absolute atomic E-state index is 11.6. The molecule has 108 valence electrons. The van der Waals surface area contributed by atoms with E-state index < -0.39 is 0 Å². The molecular formula is C13H16N2O5. The molecule has 0 bridgehead atoms. The number of allylic oxidation sites excluding steroid dienone is 2. The van der Waals surface area contributed by atoms with E-state index in [0.29, 0.717) is 12.0 Å². The number of carbonyl (C=O) groups excluding carboxylic acids is 1. The van der Waals surface area contributed by atoms with Crippen molar-refractivity contribution in [1.29, 1.82) is 0 Å². The lowest BCUT2D eigenvalue weighted by atomic mass is 9.87. The standard InChI is InChI=1S/C13H16N2O5/c1-18-11-10(7-4-8(16)6-9(17)5-7)12(19-2)15-13(14-11)20-3/h6-7,16H,4-5H2,1-3H3. The Bertz CT molecular complexity index is 531. The normalized spacial score (nSPS) is 18.4. The van der Waals surface area contributed by atoms with Crippen LogP contribution in [0, 0.1) is 0 Å². The minimum absolute atomic E-state index is 0.0335. The molecule has 1 aromatic rings. The molecule has 1 aliphatic carbocycles. The zero-order valence-electron chi connectivity index (χ0n) is 11.5. The Morgan fingerprint density at radius 3 is 2.15 bits per heavy atom. The molecule has 7 heteroatoms. The monoisotopic (exact) mass is 280 g/mol. The quantitative estimate of drug-likeness (QED) is 0.891. The van der Waals surface area contributed by atoms with Gasteiger partial charge in [-0.1, -0.05) is 0 Å². The van der Waals surface area contributed by atoms with Crippen LogP contribution in [0.2, 0.25) is 0 Å². The van der Waals surface area contributed by atoms with Crippen LogP contribution in [0.3, 0.4) is 0 Å².